The van der Waals surface area contributed by atoms with Crippen molar-refractivity contribution in [2.75, 3.05) is 6.61 Å². The SMILES string of the molecule is CCOc1ccc(/C=C/C(=O)O)c(F)c1F. The number of benzene rings is 1. The van der Waals surface area contributed by atoms with Gasteiger partial charge in [-0.05, 0) is 25.1 Å². The zero-order chi connectivity index (χ0) is 12.1. The molecule has 0 unspecified atom stereocenters. The van der Waals surface area contributed by atoms with Crippen LogP contribution in [0.1, 0.15) is 12.5 Å². The van der Waals surface area contributed by atoms with Crippen LogP contribution in [0.25, 0.3) is 6.08 Å². The van der Waals surface area contributed by atoms with Gasteiger partial charge in [0.1, 0.15) is 0 Å². The molecular formula is C11H10F2O3. The van der Waals surface area contributed by atoms with E-state index in [1.807, 2.05) is 0 Å². The maximum absolute atomic E-state index is 13.3. The molecule has 0 spiro atoms. The van der Waals surface area contributed by atoms with Crippen molar-refractivity contribution in [2.24, 2.45) is 0 Å². The van der Waals surface area contributed by atoms with E-state index in [1.54, 1.807) is 6.92 Å². The number of rotatable bonds is 4. The summed E-state index contributed by atoms with van der Waals surface area (Å²) in [6.07, 6.45) is 1.72. The Morgan fingerprint density at radius 2 is 2.12 bits per heavy atom. The van der Waals surface area contributed by atoms with Gasteiger partial charge in [0.15, 0.2) is 11.6 Å². The minimum absolute atomic E-state index is 0.136. The zero-order valence-corrected chi connectivity index (χ0v) is 8.54. The molecule has 16 heavy (non-hydrogen) atoms. The van der Waals surface area contributed by atoms with E-state index in [0.717, 1.165) is 12.2 Å². The molecule has 1 rings (SSSR count). The summed E-state index contributed by atoms with van der Waals surface area (Å²) >= 11 is 0. The molecule has 0 aromatic heterocycles. The first-order valence-electron chi connectivity index (χ1n) is 4.58. The molecule has 0 heterocycles. The third-order valence-electron chi connectivity index (χ3n) is 1.78. The fourth-order valence-corrected chi connectivity index (χ4v) is 1.10. The fraction of sp³-hybridized carbons (Fsp3) is 0.182. The van der Waals surface area contributed by atoms with Crippen molar-refractivity contribution in [1.82, 2.24) is 0 Å². The van der Waals surface area contributed by atoms with Gasteiger partial charge in [-0.25, -0.2) is 9.18 Å². The van der Waals surface area contributed by atoms with Crippen LogP contribution in [0.5, 0.6) is 5.75 Å². The predicted molar refractivity (Wildman–Crippen MR) is 54.2 cm³/mol. The Balaban J connectivity index is 3.06. The minimum atomic E-state index is -1.23. The van der Waals surface area contributed by atoms with Gasteiger partial charge in [-0.2, -0.15) is 4.39 Å². The first kappa shape index (κ1) is 12.2. The summed E-state index contributed by atoms with van der Waals surface area (Å²) < 4.78 is 31.5. The number of aliphatic carboxylic acids is 1. The maximum atomic E-state index is 13.3. The van der Waals surface area contributed by atoms with Gasteiger partial charge in [-0.15, -0.1) is 0 Å². The van der Waals surface area contributed by atoms with Crippen LogP contribution in [0.15, 0.2) is 18.2 Å². The van der Waals surface area contributed by atoms with Gasteiger partial charge in [-0.3, -0.25) is 0 Å². The van der Waals surface area contributed by atoms with Crippen molar-refractivity contribution in [1.29, 1.82) is 0 Å². The Kier molecular flexibility index (Phi) is 3.99. The molecule has 1 N–H and O–H groups in total. The summed E-state index contributed by atoms with van der Waals surface area (Å²) in [4.78, 5) is 10.2. The quantitative estimate of drug-likeness (QED) is 0.805. The molecule has 1 aromatic carbocycles. The molecule has 0 amide bonds. The summed E-state index contributed by atoms with van der Waals surface area (Å²) in [7, 11) is 0. The summed E-state index contributed by atoms with van der Waals surface area (Å²) in [5, 5.41) is 8.35. The lowest BCUT2D eigenvalue weighted by molar-refractivity contribution is -0.131. The fourth-order valence-electron chi connectivity index (χ4n) is 1.10. The van der Waals surface area contributed by atoms with Gasteiger partial charge < -0.3 is 9.84 Å². The largest absolute Gasteiger partial charge is 0.491 e. The van der Waals surface area contributed by atoms with Crippen LogP contribution >= 0.6 is 0 Å². The highest BCUT2D eigenvalue weighted by atomic mass is 19.2. The van der Waals surface area contributed by atoms with Gasteiger partial charge in [0, 0.05) is 11.6 Å². The third-order valence-corrected chi connectivity index (χ3v) is 1.78. The molecular weight excluding hydrogens is 218 g/mol. The van der Waals surface area contributed by atoms with E-state index in [1.165, 1.54) is 12.1 Å². The predicted octanol–water partition coefficient (Wildman–Crippen LogP) is 2.46. The van der Waals surface area contributed by atoms with Crippen LogP contribution in [-0.2, 0) is 4.79 Å². The average Bonchev–Trinajstić information content (AvgIpc) is 2.24. The Bertz CT molecular complexity index is 427. The van der Waals surface area contributed by atoms with Crippen LogP contribution in [0, 0.1) is 11.6 Å². The Morgan fingerprint density at radius 1 is 1.44 bits per heavy atom. The van der Waals surface area contributed by atoms with Crippen LogP contribution in [0.3, 0.4) is 0 Å². The van der Waals surface area contributed by atoms with Gasteiger partial charge in [0.25, 0.3) is 0 Å². The van der Waals surface area contributed by atoms with E-state index in [9.17, 15) is 13.6 Å². The van der Waals surface area contributed by atoms with Crippen LogP contribution < -0.4 is 4.74 Å². The molecule has 3 nitrogen and oxygen atoms in total. The van der Waals surface area contributed by atoms with Crippen molar-refractivity contribution in [2.45, 2.75) is 6.92 Å². The Hall–Kier alpha value is -1.91. The molecule has 0 radical (unpaired) electrons. The van der Waals surface area contributed by atoms with E-state index in [2.05, 4.69) is 0 Å². The highest BCUT2D eigenvalue weighted by molar-refractivity contribution is 5.85. The first-order valence-corrected chi connectivity index (χ1v) is 4.58. The number of carbonyl (C=O) groups is 1. The van der Waals surface area contributed by atoms with E-state index < -0.39 is 17.6 Å². The van der Waals surface area contributed by atoms with Crippen LogP contribution in [-0.4, -0.2) is 17.7 Å². The van der Waals surface area contributed by atoms with Crippen LogP contribution in [0.4, 0.5) is 8.78 Å². The highest BCUT2D eigenvalue weighted by Crippen LogP contribution is 2.23. The normalized spacial score (nSPS) is 10.7. The zero-order valence-electron chi connectivity index (χ0n) is 8.54. The monoisotopic (exact) mass is 228 g/mol. The summed E-state index contributed by atoms with van der Waals surface area (Å²) in [5.41, 5.74) is -0.136. The van der Waals surface area contributed by atoms with Crippen molar-refractivity contribution < 1.29 is 23.4 Å². The molecule has 0 aliphatic heterocycles. The van der Waals surface area contributed by atoms with Crippen molar-refractivity contribution in [3.05, 3.63) is 35.4 Å². The number of carboxylic acids is 1. The summed E-state index contributed by atoms with van der Waals surface area (Å²) in [6, 6.07) is 2.51. The van der Waals surface area contributed by atoms with Gasteiger partial charge in [0.05, 0.1) is 6.61 Å². The topological polar surface area (TPSA) is 46.5 Å². The van der Waals surface area contributed by atoms with Crippen molar-refractivity contribution >= 4 is 12.0 Å². The van der Waals surface area contributed by atoms with E-state index >= 15 is 0 Å². The Morgan fingerprint density at radius 3 is 2.69 bits per heavy atom. The van der Waals surface area contributed by atoms with Gasteiger partial charge in [0.2, 0.25) is 5.82 Å². The number of hydrogen-bond donors (Lipinski definition) is 1. The lowest BCUT2D eigenvalue weighted by atomic mass is 10.2. The lowest BCUT2D eigenvalue weighted by Crippen LogP contribution is -1.98. The van der Waals surface area contributed by atoms with Gasteiger partial charge in [-0.1, -0.05) is 0 Å². The van der Waals surface area contributed by atoms with Gasteiger partial charge >= 0.3 is 5.97 Å². The molecule has 0 fully saturated rings. The molecule has 0 aliphatic carbocycles. The van der Waals surface area contributed by atoms with E-state index in [-0.39, 0.29) is 17.9 Å². The molecule has 86 valence electrons. The minimum Gasteiger partial charge on any atom is -0.491 e. The van der Waals surface area contributed by atoms with E-state index in [0.29, 0.717) is 0 Å². The second-order valence-corrected chi connectivity index (χ2v) is 2.89. The molecule has 0 aliphatic rings. The number of halogens is 2. The van der Waals surface area contributed by atoms with Crippen LogP contribution in [0.2, 0.25) is 0 Å². The summed E-state index contributed by atoms with van der Waals surface area (Å²) in [5.74, 6) is -3.65. The maximum Gasteiger partial charge on any atom is 0.328 e. The second kappa shape index (κ2) is 5.25. The molecule has 0 atom stereocenters. The second-order valence-electron chi connectivity index (χ2n) is 2.89. The average molecular weight is 228 g/mol. The highest BCUT2D eigenvalue weighted by Gasteiger charge is 2.12. The number of carboxylic acid groups (broad SMARTS) is 1. The molecule has 0 saturated heterocycles. The number of ether oxygens (including phenoxy) is 1. The standard InChI is InChI=1S/C11H10F2O3/c1-2-16-8-5-3-7(4-6-9(14)15)10(12)11(8)13/h3-6H,2H2,1H3,(H,14,15)/b6-4+. The molecule has 5 heteroatoms. The smallest absolute Gasteiger partial charge is 0.328 e. The van der Waals surface area contributed by atoms with Crippen molar-refractivity contribution in [3.8, 4) is 5.75 Å². The first-order chi connectivity index (χ1) is 7.56. The molecule has 0 bridgehead atoms. The number of hydrogen-bond acceptors (Lipinski definition) is 2. The molecule has 0 saturated carbocycles. The van der Waals surface area contributed by atoms with E-state index in [4.69, 9.17) is 9.84 Å². The van der Waals surface area contributed by atoms with Crippen molar-refractivity contribution in [3.63, 3.8) is 0 Å². The molecule has 1 aromatic rings. The Labute approximate surface area is 91.0 Å². The lowest BCUT2D eigenvalue weighted by Gasteiger charge is -2.06. The summed E-state index contributed by atoms with van der Waals surface area (Å²) in [6.45, 7) is 1.87. The third kappa shape index (κ3) is 2.79.